The van der Waals surface area contributed by atoms with Crippen LogP contribution in [0.15, 0.2) is 90.0 Å². The Labute approximate surface area is 181 Å². The van der Waals surface area contributed by atoms with E-state index in [9.17, 15) is 4.79 Å². The van der Waals surface area contributed by atoms with Crippen molar-refractivity contribution >= 4 is 29.1 Å². The summed E-state index contributed by atoms with van der Waals surface area (Å²) in [4.78, 5) is 14.7. The Balaban J connectivity index is 1.94. The number of hydrogen-bond donors (Lipinski definition) is 1. The van der Waals surface area contributed by atoms with Crippen molar-refractivity contribution in [2.24, 2.45) is 5.10 Å². The Kier molecular flexibility index (Phi) is 7.86. The second-order valence-corrected chi connectivity index (χ2v) is 6.98. The molecule has 0 aromatic heterocycles. The third-order valence-corrected chi connectivity index (χ3v) is 4.68. The Morgan fingerprint density at radius 1 is 0.900 bits per heavy atom. The van der Waals surface area contributed by atoms with Gasteiger partial charge in [-0.1, -0.05) is 84.4 Å². The van der Waals surface area contributed by atoms with Crippen molar-refractivity contribution in [3.63, 3.8) is 0 Å². The molecule has 0 fully saturated rings. The number of nitrogens with zero attached hydrogens (tertiary/aromatic N) is 2. The number of halogens is 1. The Morgan fingerprint density at radius 2 is 1.43 bits per heavy atom. The number of anilines is 1. The number of para-hydroxylation sites is 1. The van der Waals surface area contributed by atoms with Crippen molar-refractivity contribution in [3.05, 3.63) is 101 Å². The minimum absolute atomic E-state index is 0.185. The second-order valence-electron chi connectivity index (χ2n) is 6.57. The maximum absolute atomic E-state index is 12.8. The van der Waals surface area contributed by atoms with E-state index in [0.717, 1.165) is 11.1 Å². The third-order valence-electron chi connectivity index (χ3n) is 4.35. The highest BCUT2D eigenvalue weighted by Crippen LogP contribution is 2.21. The molecule has 0 amide bonds. The molecule has 0 aliphatic heterocycles. The van der Waals surface area contributed by atoms with Crippen LogP contribution in [0, 0.1) is 0 Å². The normalized spacial score (nSPS) is 11.1. The van der Waals surface area contributed by atoms with Gasteiger partial charge in [-0.2, -0.15) is 0 Å². The van der Waals surface area contributed by atoms with Crippen LogP contribution in [0.25, 0.3) is 0 Å². The van der Waals surface area contributed by atoms with E-state index < -0.39 is 5.97 Å². The summed E-state index contributed by atoms with van der Waals surface area (Å²) in [5, 5.41) is 4.92. The number of amidine groups is 1. The van der Waals surface area contributed by atoms with E-state index in [1.54, 1.807) is 19.1 Å². The average molecular weight is 422 g/mol. The molecular formula is C24H24ClN3O2. The monoisotopic (exact) mass is 421 g/mol. The fourth-order valence-electron chi connectivity index (χ4n) is 2.92. The molecule has 0 bridgehead atoms. The van der Waals surface area contributed by atoms with E-state index in [-0.39, 0.29) is 12.4 Å². The number of carbonyl (C=O) groups is 1. The first-order valence-corrected chi connectivity index (χ1v) is 10.1. The topological polar surface area (TPSA) is 53.9 Å². The van der Waals surface area contributed by atoms with Crippen LogP contribution in [-0.4, -0.2) is 23.3 Å². The highest BCUT2D eigenvalue weighted by molar-refractivity contribution is 6.35. The summed E-state index contributed by atoms with van der Waals surface area (Å²) in [5.41, 5.74) is 5.65. The Bertz CT molecular complexity index is 937. The SMILES string of the molecule is CCOC(=O)C(=NNc1ccccc1Cl)N(Cc1ccccc1)Cc1ccccc1. The lowest BCUT2D eigenvalue weighted by Crippen LogP contribution is -2.37. The van der Waals surface area contributed by atoms with Crippen LogP contribution in [-0.2, 0) is 22.6 Å². The number of nitrogens with one attached hydrogen (secondary N) is 1. The number of hydrogen-bond acceptors (Lipinski definition) is 4. The van der Waals surface area contributed by atoms with Gasteiger partial charge in [-0.25, -0.2) is 4.79 Å². The molecule has 3 aromatic carbocycles. The summed E-state index contributed by atoms with van der Waals surface area (Å²) in [7, 11) is 0. The van der Waals surface area contributed by atoms with Gasteiger partial charge >= 0.3 is 5.97 Å². The minimum Gasteiger partial charge on any atom is -0.460 e. The summed E-state index contributed by atoms with van der Waals surface area (Å²) >= 11 is 6.23. The van der Waals surface area contributed by atoms with Gasteiger partial charge in [0.15, 0.2) is 0 Å². The first kappa shape index (κ1) is 21.4. The summed E-state index contributed by atoms with van der Waals surface area (Å²) in [5.74, 6) is -0.312. The lowest BCUT2D eigenvalue weighted by Gasteiger charge is -2.25. The van der Waals surface area contributed by atoms with Gasteiger partial charge in [0.25, 0.3) is 0 Å². The van der Waals surface area contributed by atoms with E-state index in [2.05, 4.69) is 10.5 Å². The van der Waals surface area contributed by atoms with Crippen LogP contribution in [0.5, 0.6) is 0 Å². The zero-order valence-electron chi connectivity index (χ0n) is 16.8. The van der Waals surface area contributed by atoms with Gasteiger partial charge in [0.05, 0.1) is 17.3 Å². The van der Waals surface area contributed by atoms with Crippen LogP contribution in [0.3, 0.4) is 0 Å². The Hall–Kier alpha value is -3.31. The smallest absolute Gasteiger partial charge is 0.376 e. The van der Waals surface area contributed by atoms with Crippen molar-refractivity contribution in [2.75, 3.05) is 12.0 Å². The van der Waals surface area contributed by atoms with Crippen molar-refractivity contribution < 1.29 is 9.53 Å². The zero-order chi connectivity index (χ0) is 21.2. The number of rotatable bonds is 7. The predicted molar refractivity (Wildman–Crippen MR) is 121 cm³/mol. The molecule has 5 nitrogen and oxygen atoms in total. The van der Waals surface area contributed by atoms with E-state index in [1.165, 1.54) is 0 Å². The number of carbonyl (C=O) groups excluding carboxylic acids is 1. The summed E-state index contributed by atoms with van der Waals surface area (Å²) < 4.78 is 5.29. The molecule has 0 saturated heterocycles. The van der Waals surface area contributed by atoms with Crippen molar-refractivity contribution in [1.29, 1.82) is 0 Å². The van der Waals surface area contributed by atoms with E-state index in [0.29, 0.717) is 23.8 Å². The fourth-order valence-corrected chi connectivity index (χ4v) is 3.10. The molecule has 0 aliphatic carbocycles. The Morgan fingerprint density at radius 3 is 1.97 bits per heavy atom. The molecule has 0 radical (unpaired) electrons. The molecule has 3 aromatic rings. The average Bonchev–Trinajstić information content (AvgIpc) is 2.76. The first-order chi connectivity index (χ1) is 14.7. The van der Waals surface area contributed by atoms with Gasteiger partial charge in [0, 0.05) is 13.1 Å². The van der Waals surface area contributed by atoms with E-state index in [1.807, 2.05) is 77.7 Å². The molecule has 0 atom stereocenters. The predicted octanol–water partition coefficient (Wildman–Crippen LogP) is 5.33. The first-order valence-electron chi connectivity index (χ1n) is 9.75. The number of benzene rings is 3. The van der Waals surface area contributed by atoms with Crippen LogP contribution in [0.4, 0.5) is 5.69 Å². The van der Waals surface area contributed by atoms with Gasteiger partial charge in [-0.15, -0.1) is 5.10 Å². The van der Waals surface area contributed by atoms with Crippen LogP contribution in [0.2, 0.25) is 5.02 Å². The van der Waals surface area contributed by atoms with Gasteiger partial charge in [-0.05, 0) is 30.2 Å². The quantitative estimate of drug-likeness (QED) is 0.242. The van der Waals surface area contributed by atoms with E-state index >= 15 is 0 Å². The molecule has 6 heteroatoms. The molecule has 0 aliphatic rings. The van der Waals surface area contributed by atoms with Gasteiger partial charge in [-0.3, -0.25) is 5.43 Å². The highest BCUT2D eigenvalue weighted by atomic mass is 35.5. The van der Waals surface area contributed by atoms with Crippen molar-refractivity contribution in [1.82, 2.24) is 4.90 Å². The van der Waals surface area contributed by atoms with E-state index in [4.69, 9.17) is 16.3 Å². The number of esters is 1. The maximum Gasteiger partial charge on any atom is 0.376 e. The molecule has 154 valence electrons. The highest BCUT2D eigenvalue weighted by Gasteiger charge is 2.22. The molecule has 1 N–H and O–H groups in total. The van der Waals surface area contributed by atoms with Gasteiger partial charge < -0.3 is 9.64 Å². The largest absolute Gasteiger partial charge is 0.460 e. The van der Waals surface area contributed by atoms with Crippen molar-refractivity contribution in [2.45, 2.75) is 20.0 Å². The standard InChI is InChI=1S/C24H24ClN3O2/c1-2-30-24(29)23(27-26-22-16-10-9-15-21(22)25)28(17-19-11-5-3-6-12-19)18-20-13-7-4-8-14-20/h3-16,26H,2,17-18H2,1H3. The summed E-state index contributed by atoms with van der Waals surface area (Å²) in [6.07, 6.45) is 0. The molecule has 0 spiro atoms. The lowest BCUT2D eigenvalue weighted by molar-refractivity contribution is -0.136. The maximum atomic E-state index is 12.8. The molecule has 0 heterocycles. The summed E-state index contributed by atoms with van der Waals surface area (Å²) in [6, 6.07) is 27.1. The van der Waals surface area contributed by atoms with Crippen LogP contribution >= 0.6 is 11.6 Å². The molecular weight excluding hydrogens is 398 g/mol. The number of ether oxygens (including phenoxy) is 1. The zero-order valence-corrected chi connectivity index (χ0v) is 17.5. The van der Waals surface area contributed by atoms with Gasteiger partial charge in [0.2, 0.25) is 5.84 Å². The summed E-state index contributed by atoms with van der Waals surface area (Å²) in [6.45, 7) is 3.03. The van der Waals surface area contributed by atoms with Crippen molar-refractivity contribution in [3.8, 4) is 0 Å². The fraction of sp³-hybridized carbons (Fsp3) is 0.167. The molecule has 30 heavy (non-hydrogen) atoms. The molecule has 3 rings (SSSR count). The van der Waals surface area contributed by atoms with Crippen LogP contribution < -0.4 is 5.43 Å². The van der Waals surface area contributed by atoms with Gasteiger partial charge in [0.1, 0.15) is 0 Å². The second kappa shape index (κ2) is 11.0. The minimum atomic E-state index is -0.496. The third kappa shape index (κ3) is 6.09. The van der Waals surface area contributed by atoms with Crippen LogP contribution in [0.1, 0.15) is 18.1 Å². The molecule has 0 saturated carbocycles. The lowest BCUT2D eigenvalue weighted by atomic mass is 10.1. The number of hydrazone groups is 1. The molecule has 0 unspecified atom stereocenters.